The number of nitrogens with one attached hydrogen (secondary N) is 3. The zero-order valence-electron chi connectivity index (χ0n) is 20.7. The minimum absolute atomic E-state index is 0.0156. The first kappa shape index (κ1) is 27.4. The predicted octanol–water partition coefficient (Wildman–Crippen LogP) is 3.93. The molecular weight excluding hydrogens is 466 g/mol. The third-order valence-corrected chi connectivity index (χ3v) is 7.46. The lowest BCUT2D eigenvalue weighted by Crippen LogP contribution is -2.61. The van der Waals surface area contributed by atoms with Crippen molar-refractivity contribution in [3.63, 3.8) is 0 Å². The Morgan fingerprint density at radius 1 is 1.17 bits per heavy atom. The molecule has 0 radical (unpaired) electrons. The first-order chi connectivity index (χ1) is 16.2. The normalized spacial score (nSPS) is 27.5. The third-order valence-electron chi connectivity index (χ3n) is 7.46. The van der Waals surface area contributed by atoms with E-state index in [1.54, 1.807) is 13.8 Å². The Hall–Kier alpha value is -2.20. The predicted molar refractivity (Wildman–Crippen MR) is 123 cm³/mol. The van der Waals surface area contributed by atoms with Gasteiger partial charge in [0.25, 0.3) is 0 Å². The molecule has 2 aliphatic rings. The molecule has 2 unspecified atom stereocenters. The summed E-state index contributed by atoms with van der Waals surface area (Å²) in [6, 6.07) is 2.53. The van der Waals surface area contributed by atoms with Crippen molar-refractivity contribution in [3.8, 4) is 0 Å². The van der Waals surface area contributed by atoms with E-state index in [0.29, 0.717) is 44.5 Å². The molecule has 35 heavy (non-hydrogen) atoms. The molecule has 3 rings (SSSR count). The van der Waals surface area contributed by atoms with Gasteiger partial charge in [0.2, 0.25) is 11.8 Å². The number of hydrogen-bond acceptors (Lipinski definition) is 4. The zero-order valence-corrected chi connectivity index (χ0v) is 20.7. The van der Waals surface area contributed by atoms with E-state index < -0.39 is 28.5 Å². The Balaban J connectivity index is 1.79. The molecule has 0 spiro atoms. The highest BCUT2D eigenvalue weighted by atomic mass is 19.4. The van der Waals surface area contributed by atoms with Crippen molar-refractivity contribution < 1.29 is 31.9 Å². The average Bonchev–Trinajstić information content (AvgIpc) is 3.18. The van der Waals surface area contributed by atoms with Crippen LogP contribution in [-0.2, 0) is 27.0 Å². The van der Waals surface area contributed by atoms with Crippen LogP contribution in [0.5, 0.6) is 0 Å². The van der Waals surface area contributed by atoms with Crippen LogP contribution in [0.3, 0.4) is 0 Å². The summed E-state index contributed by atoms with van der Waals surface area (Å²) in [6.07, 6.45) is -2.18. The highest BCUT2D eigenvalue weighted by Crippen LogP contribution is 2.47. The van der Waals surface area contributed by atoms with Gasteiger partial charge in [-0.25, -0.2) is 4.39 Å². The van der Waals surface area contributed by atoms with Crippen LogP contribution >= 0.6 is 0 Å². The summed E-state index contributed by atoms with van der Waals surface area (Å²) < 4.78 is 58.6. The van der Waals surface area contributed by atoms with Gasteiger partial charge in [-0.15, -0.1) is 0 Å². The number of rotatable bonds is 7. The molecule has 4 atom stereocenters. The Morgan fingerprint density at radius 2 is 1.89 bits per heavy atom. The van der Waals surface area contributed by atoms with Gasteiger partial charge in [0.15, 0.2) is 0 Å². The molecule has 1 aromatic carbocycles. The SMILES string of the molecule is CC(=O)NC(C)(C)[C@]1(C(=O)NCc2cc(F)cc(C(F)(F)F)c2)CCC(NC2CCOC[C@H]2C)C1. The van der Waals surface area contributed by atoms with Crippen LogP contribution in [-0.4, -0.2) is 42.7 Å². The molecule has 1 saturated carbocycles. The van der Waals surface area contributed by atoms with Crippen LogP contribution in [0.2, 0.25) is 0 Å². The fourth-order valence-electron chi connectivity index (χ4n) is 5.50. The molecule has 6 nitrogen and oxygen atoms in total. The monoisotopic (exact) mass is 501 g/mol. The minimum Gasteiger partial charge on any atom is -0.381 e. The maximum Gasteiger partial charge on any atom is 0.416 e. The molecule has 1 aliphatic heterocycles. The van der Waals surface area contributed by atoms with Gasteiger partial charge in [-0.1, -0.05) is 6.92 Å². The zero-order chi connectivity index (χ0) is 26.0. The minimum atomic E-state index is -4.69. The summed E-state index contributed by atoms with van der Waals surface area (Å²) >= 11 is 0. The van der Waals surface area contributed by atoms with Crippen molar-refractivity contribution in [1.29, 1.82) is 0 Å². The molecule has 1 saturated heterocycles. The molecule has 1 heterocycles. The summed E-state index contributed by atoms with van der Waals surface area (Å²) in [7, 11) is 0. The standard InChI is InChI=1S/C25H35F4N3O3/c1-15-14-35-8-6-21(15)31-20-5-7-24(12-20,23(3,4)32-16(2)33)22(34)30-13-17-9-18(25(27,28)29)11-19(26)10-17/h9-11,15,20-21,31H,5-8,12-14H2,1-4H3,(H,30,34)(H,32,33)/t15-,20?,21?,24-/m1/s1. The van der Waals surface area contributed by atoms with E-state index in [0.717, 1.165) is 18.6 Å². The third kappa shape index (κ3) is 6.33. The van der Waals surface area contributed by atoms with E-state index in [-0.39, 0.29) is 36.0 Å². The summed E-state index contributed by atoms with van der Waals surface area (Å²) in [5, 5.41) is 9.28. The number of carbonyl (C=O) groups is 2. The molecule has 2 fully saturated rings. The summed E-state index contributed by atoms with van der Waals surface area (Å²) in [6.45, 7) is 8.15. The molecule has 196 valence electrons. The first-order valence-corrected chi connectivity index (χ1v) is 12.0. The van der Waals surface area contributed by atoms with E-state index in [9.17, 15) is 27.2 Å². The van der Waals surface area contributed by atoms with Crippen LogP contribution in [0.15, 0.2) is 18.2 Å². The number of benzene rings is 1. The van der Waals surface area contributed by atoms with E-state index in [1.165, 1.54) is 6.92 Å². The van der Waals surface area contributed by atoms with Gasteiger partial charge >= 0.3 is 6.18 Å². The maximum atomic E-state index is 13.8. The van der Waals surface area contributed by atoms with Crippen LogP contribution in [0, 0.1) is 17.2 Å². The topological polar surface area (TPSA) is 79.5 Å². The smallest absolute Gasteiger partial charge is 0.381 e. The van der Waals surface area contributed by atoms with Crippen LogP contribution in [0.25, 0.3) is 0 Å². The van der Waals surface area contributed by atoms with Gasteiger partial charge in [0.05, 0.1) is 17.6 Å². The van der Waals surface area contributed by atoms with Crippen LogP contribution < -0.4 is 16.0 Å². The van der Waals surface area contributed by atoms with Crippen molar-refractivity contribution >= 4 is 11.8 Å². The van der Waals surface area contributed by atoms with Gasteiger partial charge in [-0.05, 0) is 69.2 Å². The van der Waals surface area contributed by atoms with E-state index in [1.807, 2.05) is 0 Å². The Bertz CT molecular complexity index is 937. The first-order valence-electron chi connectivity index (χ1n) is 12.0. The van der Waals surface area contributed by atoms with Gasteiger partial charge in [-0.3, -0.25) is 9.59 Å². The highest BCUT2D eigenvalue weighted by Gasteiger charge is 2.55. The maximum absolute atomic E-state index is 13.8. The quantitative estimate of drug-likeness (QED) is 0.495. The second-order valence-corrected chi connectivity index (χ2v) is 10.5. The largest absolute Gasteiger partial charge is 0.416 e. The fraction of sp³-hybridized carbons (Fsp3) is 0.680. The van der Waals surface area contributed by atoms with Crippen molar-refractivity contribution in [3.05, 3.63) is 35.1 Å². The number of halogens is 4. The molecule has 1 aromatic rings. The van der Waals surface area contributed by atoms with Crippen molar-refractivity contribution in [2.45, 2.75) is 83.7 Å². The molecular formula is C25H35F4N3O3. The van der Waals surface area contributed by atoms with Gasteiger partial charge < -0.3 is 20.7 Å². The average molecular weight is 502 g/mol. The Labute approximate surface area is 203 Å². The second kappa shape index (κ2) is 10.4. The van der Waals surface area contributed by atoms with Gasteiger partial charge in [0.1, 0.15) is 5.82 Å². The molecule has 1 aliphatic carbocycles. The molecule has 10 heteroatoms. The van der Waals surface area contributed by atoms with Gasteiger partial charge in [0, 0.05) is 37.7 Å². The molecule has 3 N–H and O–H groups in total. The lowest BCUT2D eigenvalue weighted by molar-refractivity contribution is -0.138. The lowest BCUT2D eigenvalue weighted by Gasteiger charge is -2.44. The Morgan fingerprint density at radius 3 is 2.51 bits per heavy atom. The summed E-state index contributed by atoms with van der Waals surface area (Å²) in [4.78, 5) is 25.6. The summed E-state index contributed by atoms with van der Waals surface area (Å²) in [5.74, 6) is -1.35. The van der Waals surface area contributed by atoms with Crippen molar-refractivity contribution in [1.82, 2.24) is 16.0 Å². The number of amides is 2. The Kier molecular flexibility index (Phi) is 8.16. The summed E-state index contributed by atoms with van der Waals surface area (Å²) in [5.41, 5.74) is -3.00. The lowest BCUT2D eigenvalue weighted by atomic mass is 9.68. The van der Waals surface area contributed by atoms with Crippen LogP contribution in [0.4, 0.5) is 17.6 Å². The van der Waals surface area contributed by atoms with Gasteiger partial charge in [-0.2, -0.15) is 13.2 Å². The number of ether oxygens (including phenoxy) is 1. The van der Waals surface area contributed by atoms with Crippen LogP contribution in [0.1, 0.15) is 64.5 Å². The molecule has 0 bridgehead atoms. The molecule has 0 aromatic heterocycles. The van der Waals surface area contributed by atoms with E-state index in [4.69, 9.17) is 4.74 Å². The number of alkyl halides is 3. The second-order valence-electron chi connectivity index (χ2n) is 10.5. The number of carbonyl (C=O) groups excluding carboxylic acids is 2. The highest BCUT2D eigenvalue weighted by molar-refractivity contribution is 5.86. The van der Waals surface area contributed by atoms with E-state index in [2.05, 4.69) is 22.9 Å². The van der Waals surface area contributed by atoms with E-state index >= 15 is 0 Å². The van der Waals surface area contributed by atoms with Crippen molar-refractivity contribution in [2.24, 2.45) is 11.3 Å². The fourth-order valence-corrected chi connectivity index (χ4v) is 5.50. The molecule has 2 amide bonds. The van der Waals surface area contributed by atoms with Crippen molar-refractivity contribution in [2.75, 3.05) is 13.2 Å². The number of hydrogen-bond donors (Lipinski definition) is 3.